The molecule has 0 bridgehead atoms. The average molecular weight is 453 g/mol. The number of aromatic nitrogens is 2. The molecular weight excluding hydrogens is 424 g/mol. The van der Waals surface area contributed by atoms with E-state index in [1.165, 1.54) is 23.0 Å². The summed E-state index contributed by atoms with van der Waals surface area (Å²) < 4.78 is 1.58. The Morgan fingerprint density at radius 2 is 1.88 bits per heavy atom. The number of hydrogen-bond donors (Lipinski definition) is 1. The number of benzene rings is 2. The molecule has 0 saturated carbocycles. The number of thioether (sulfide) groups is 1. The number of para-hydroxylation sites is 1. The maximum absolute atomic E-state index is 12.9. The van der Waals surface area contributed by atoms with Gasteiger partial charge in [0.05, 0.1) is 16.7 Å². The molecule has 1 aromatic heterocycles. The predicted octanol–water partition coefficient (Wildman–Crippen LogP) is 2.53. The van der Waals surface area contributed by atoms with Crippen molar-refractivity contribution in [3.05, 3.63) is 64.4 Å². The molecule has 168 valence electrons. The Morgan fingerprint density at radius 1 is 1.09 bits per heavy atom. The normalized spacial score (nSPS) is 14.2. The molecule has 0 spiro atoms. The Kier molecular flexibility index (Phi) is 7.12. The summed E-state index contributed by atoms with van der Waals surface area (Å²) in [6.07, 6.45) is 0.461. The van der Waals surface area contributed by atoms with Crippen molar-refractivity contribution in [3.63, 3.8) is 0 Å². The predicted molar refractivity (Wildman–Crippen MR) is 128 cm³/mol. The molecule has 1 N–H and O–H groups in total. The van der Waals surface area contributed by atoms with Gasteiger partial charge in [0.15, 0.2) is 5.16 Å². The van der Waals surface area contributed by atoms with E-state index < -0.39 is 0 Å². The summed E-state index contributed by atoms with van der Waals surface area (Å²) in [6.45, 7) is 5.41. The van der Waals surface area contributed by atoms with Gasteiger partial charge in [-0.1, -0.05) is 36.0 Å². The van der Waals surface area contributed by atoms with E-state index in [1.54, 1.807) is 10.6 Å². The van der Waals surface area contributed by atoms with Gasteiger partial charge in [-0.25, -0.2) is 4.98 Å². The number of aliphatic hydroxyl groups is 1. The Hall–Kier alpha value is -2.84. The maximum atomic E-state index is 12.9. The fourth-order valence-electron chi connectivity index (χ4n) is 3.94. The van der Waals surface area contributed by atoms with E-state index in [9.17, 15) is 14.7 Å². The minimum atomic E-state index is -0.134. The van der Waals surface area contributed by atoms with Crippen LogP contribution in [-0.2, 0) is 11.3 Å². The number of hydrogen-bond acceptors (Lipinski definition) is 6. The molecule has 1 saturated heterocycles. The van der Waals surface area contributed by atoms with Gasteiger partial charge in [-0.15, -0.1) is 0 Å². The van der Waals surface area contributed by atoms with E-state index >= 15 is 0 Å². The van der Waals surface area contributed by atoms with Crippen molar-refractivity contribution < 1.29 is 9.90 Å². The number of carbonyl (C=O) groups excluding carboxylic acids is 1. The third-order valence-electron chi connectivity index (χ3n) is 5.69. The van der Waals surface area contributed by atoms with Crippen molar-refractivity contribution >= 4 is 34.3 Å². The fraction of sp³-hybridized carbons (Fsp3) is 0.375. The first-order valence-corrected chi connectivity index (χ1v) is 11.9. The number of amides is 1. The second-order valence-corrected chi connectivity index (χ2v) is 8.88. The monoisotopic (exact) mass is 452 g/mol. The first kappa shape index (κ1) is 22.4. The molecule has 4 rings (SSSR count). The second-order valence-electron chi connectivity index (χ2n) is 7.94. The van der Waals surface area contributed by atoms with Crippen molar-refractivity contribution in [2.24, 2.45) is 0 Å². The van der Waals surface area contributed by atoms with Gasteiger partial charge in [-0.3, -0.25) is 14.2 Å². The fourth-order valence-corrected chi connectivity index (χ4v) is 4.87. The van der Waals surface area contributed by atoms with Crippen LogP contribution in [0.3, 0.4) is 0 Å². The average Bonchev–Trinajstić information content (AvgIpc) is 2.82. The van der Waals surface area contributed by atoms with Crippen molar-refractivity contribution in [1.82, 2.24) is 14.5 Å². The Bertz CT molecular complexity index is 1160. The first-order chi connectivity index (χ1) is 15.6. The lowest BCUT2D eigenvalue weighted by Crippen LogP contribution is -2.49. The lowest BCUT2D eigenvalue weighted by atomic mass is 10.2. The summed E-state index contributed by atoms with van der Waals surface area (Å²) in [6, 6.07) is 15.7. The molecule has 1 amide bonds. The van der Waals surface area contributed by atoms with E-state index in [1.807, 2.05) is 23.1 Å². The number of fused-ring (bicyclic) bond motifs is 1. The zero-order valence-electron chi connectivity index (χ0n) is 18.2. The zero-order chi connectivity index (χ0) is 22.5. The van der Waals surface area contributed by atoms with Crippen LogP contribution in [0.15, 0.2) is 58.5 Å². The van der Waals surface area contributed by atoms with Gasteiger partial charge < -0.3 is 14.9 Å². The molecule has 1 fully saturated rings. The molecule has 1 aliphatic heterocycles. The van der Waals surface area contributed by atoms with Gasteiger partial charge in [0.1, 0.15) is 0 Å². The summed E-state index contributed by atoms with van der Waals surface area (Å²) >= 11 is 1.29. The number of anilines is 1. The maximum Gasteiger partial charge on any atom is 0.262 e. The van der Waals surface area contributed by atoms with Crippen LogP contribution in [0.4, 0.5) is 5.69 Å². The third-order valence-corrected chi connectivity index (χ3v) is 6.65. The Morgan fingerprint density at radius 3 is 2.62 bits per heavy atom. The molecule has 0 aliphatic carbocycles. The summed E-state index contributed by atoms with van der Waals surface area (Å²) in [5.41, 5.74) is 2.91. The number of aryl methyl sites for hydroxylation is 1. The minimum Gasteiger partial charge on any atom is -0.396 e. The largest absolute Gasteiger partial charge is 0.396 e. The molecular formula is C24H28N4O3S. The Labute approximate surface area is 191 Å². The van der Waals surface area contributed by atoms with Gasteiger partial charge >= 0.3 is 0 Å². The van der Waals surface area contributed by atoms with E-state index in [0.29, 0.717) is 42.1 Å². The van der Waals surface area contributed by atoms with Gasteiger partial charge in [-0.2, -0.15) is 0 Å². The smallest absolute Gasteiger partial charge is 0.262 e. The van der Waals surface area contributed by atoms with Gasteiger partial charge in [0, 0.05) is 45.0 Å². The van der Waals surface area contributed by atoms with Crippen LogP contribution in [0.25, 0.3) is 10.9 Å². The SMILES string of the molecule is Cc1cccc(N2CCN(C(=O)CSc3nc4ccccc4c(=O)n3CCCO)CC2)c1. The number of nitrogens with zero attached hydrogens (tertiary/aromatic N) is 4. The summed E-state index contributed by atoms with van der Waals surface area (Å²) in [7, 11) is 0. The van der Waals surface area contributed by atoms with Crippen LogP contribution in [0.2, 0.25) is 0 Å². The lowest BCUT2D eigenvalue weighted by molar-refractivity contribution is -0.128. The third kappa shape index (κ3) is 4.97. The molecule has 3 aromatic rings. The molecule has 1 aliphatic rings. The topological polar surface area (TPSA) is 78.7 Å². The highest BCUT2D eigenvalue weighted by Gasteiger charge is 2.22. The second kappa shape index (κ2) is 10.2. The van der Waals surface area contributed by atoms with Crippen LogP contribution in [0.1, 0.15) is 12.0 Å². The highest BCUT2D eigenvalue weighted by Crippen LogP contribution is 2.21. The Balaban J connectivity index is 1.42. The van der Waals surface area contributed by atoms with Gasteiger partial charge in [0.2, 0.25) is 5.91 Å². The standard InChI is InChI=1S/C24H28N4O3S/c1-18-6-4-7-19(16-18)26-11-13-27(14-12-26)22(30)17-32-24-25-21-9-3-2-8-20(21)23(31)28(24)10-5-15-29/h2-4,6-9,16,29H,5,10-15,17H2,1H3. The van der Waals surface area contributed by atoms with Gasteiger partial charge in [0.25, 0.3) is 5.56 Å². The van der Waals surface area contributed by atoms with E-state index in [2.05, 4.69) is 41.1 Å². The van der Waals surface area contributed by atoms with E-state index in [-0.39, 0.29) is 23.8 Å². The van der Waals surface area contributed by atoms with Crippen LogP contribution < -0.4 is 10.5 Å². The van der Waals surface area contributed by atoms with Crippen molar-refractivity contribution in [2.75, 3.05) is 43.4 Å². The molecule has 2 heterocycles. The molecule has 0 atom stereocenters. The van der Waals surface area contributed by atoms with E-state index in [0.717, 1.165) is 13.1 Å². The number of carbonyl (C=O) groups is 1. The van der Waals surface area contributed by atoms with Crippen LogP contribution in [0, 0.1) is 6.92 Å². The summed E-state index contributed by atoms with van der Waals surface area (Å²) in [4.78, 5) is 34.6. The first-order valence-electron chi connectivity index (χ1n) is 10.9. The molecule has 0 radical (unpaired) electrons. The number of piperazine rings is 1. The van der Waals surface area contributed by atoms with Crippen LogP contribution in [0.5, 0.6) is 0 Å². The molecule has 0 unspecified atom stereocenters. The van der Waals surface area contributed by atoms with Crippen molar-refractivity contribution in [2.45, 2.75) is 25.0 Å². The molecule has 8 heteroatoms. The number of aliphatic hydroxyl groups excluding tert-OH is 1. The van der Waals surface area contributed by atoms with Gasteiger partial charge in [-0.05, 0) is 43.2 Å². The summed E-state index contributed by atoms with van der Waals surface area (Å²) in [5, 5.41) is 10.3. The molecule has 7 nitrogen and oxygen atoms in total. The van der Waals surface area contributed by atoms with Crippen LogP contribution >= 0.6 is 11.8 Å². The molecule has 2 aromatic carbocycles. The van der Waals surface area contributed by atoms with Crippen molar-refractivity contribution in [3.8, 4) is 0 Å². The highest BCUT2D eigenvalue weighted by molar-refractivity contribution is 7.99. The lowest BCUT2D eigenvalue weighted by Gasteiger charge is -2.36. The quantitative estimate of drug-likeness (QED) is 0.438. The zero-order valence-corrected chi connectivity index (χ0v) is 19.1. The highest BCUT2D eigenvalue weighted by atomic mass is 32.2. The van der Waals surface area contributed by atoms with E-state index in [4.69, 9.17) is 0 Å². The minimum absolute atomic E-state index is 0.00643. The number of rotatable bonds is 7. The van der Waals surface area contributed by atoms with Crippen LogP contribution in [-0.4, -0.2) is 64.0 Å². The summed E-state index contributed by atoms with van der Waals surface area (Å²) in [5.74, 6) is 0.281. The molecule has 32 heavy (non-hydrogen) atoms. The van der Waals surface area contributed by atoms with Crippen molar-refractivity contribution in [1.29, 1.82) is 0 Å².